The second-order valence-electron chi connectivity index (χ2n) is 9.13. The molecule has 0 unspecified atom stereocenters. The fraction of sp³-hybridized carbons (Fsp3) is 0.100. The van der Waals surface area contributed by atoms with Crippen molar-refractivity contribution in [3.63, 3.8) is 0 Å². The topological polar surface area (TPSA) is 82.3 Å². The first kappa shape index (κ1) is 22.9. The van der Waals surface area contributed by atoms with Crippen LogP contribution in [0.3, 0.4) is 0 Å². The van der Waals surface area contributed by atoms with Crippen molar-refractivity contribution in [1.82, 2.24) is 25.1 Å². The van der Waals surface area contributed by atoms with Crippen LogP contribution >= 0.6 is 11.3 Å². The molecular weight excluding hydrogens is 476 g/mol. The fourth-order valence-corrected chi connectivity index (χ4v) is 5.37. The van der Waals surface area contributed by atoms with E-state index in [-0.39, 0.29) is 0 Å². The van der Waals surface area contributed by atoms with Gasteiger partial charge in [-0.15, -0.1) is 11.3 Å². The largest absolute Gasteiger partial charge is 0.358 e. The summed E-state index contributed by atoms with van der Waals surface area (Å²) in [5, 5.41) is 13.3. The number of fused-ring (bicyclic) bond motifs is 2. The first-order chi connectivity index (χ1) is 18.0. The van der Waals surface area contributed by atoms with Crippen molar-refractivity contribution in [3.8, 4) is 33.1 Å². The predicted octanol–water partition coefficient (Wildman–Crippen LogP) is 8.27. The lowest BCUT2D eigenvalue weighted by atomic mass is 10.0. The molecule has 0 saturated heterocycles. The van der Waals surface area contributed by atoms with E-state index in [0.717, 1.165) is 78.3 Å². The molecule has 0 atom stereocenters. The summed E-state index contributed by atoms with van der Waals surface area (Å²) in [6.45, 7) is 12.2. The molecule has 0 saturated carbocycles. The lowest BCUT2D eigenvalue weighted by Gasteiger charge is -2.09. The van der Waals surface area contributed by atoms with E-state index in [4.69, 9.17) is 4.98 Å². The van der Waals surface area contributed by atoms with Crippen molar-refractivity contribution in [3.05, 3.63) is 90.9 Å². The summed E-state index contributed by atoms with van der Waals surface area (Å²) in [5.74, 6) is 0. The number of nitrogens with zero attached hydrogens (tertiary/aromatic N) is 3. The molecule has 0 spiro atoms. The van der Waals surface area contributed by atoms with E-state index >= 15 is 0 Å². The van der Waals surface area contributed by atoms with E-state index in [1.54, 1.807) is 11.3 Å². The van der Waals surface area contributed by atoms with Crippen molar-refractivity contribution in [2.24, 2.45) is 0 Å². The molecule has 7 heteroatoms. The minimum absolute atomic E-state index is 0.859. The van der Waals surface area contributed by atoms with Crippen molar-refractivity contribution >= 4 is 44.4 Å². The molecule has 6 aromatic rings. The van der Waals surface area contributed by atoms with Crippen molar-refractivity contribution in [2.75, 3.05) is 5.32 Å². The Morgan fingerprint density at radius 1 is 0.946 bits per heavy atom. The Morgan fingerprint density at radius 2 is 1.81 bits per heavy atom. The zero-order valence-electron chi connectivity index (χ0n) is 20.7. The summed E-state index contributed by atoms with van der Waals surface area (Å²) in [7, 11) is 0. The van der Waals surface area contributed by atoms with Crippen LogP contribution in [0.1, 0.15) is 25.1 Å². The Kier molecular flexibility index (Phi) is 5.70. The molecule has 5 aromatic heterocycles. The van der Waals surface area contributed by atoms with Gasteiger partial charge in [-0.1, -0.05) is 26.1 Å². The molecule has 0 aliphatic heterocycles. The Balaban J connectivity index is 1.42. The van der Waals surface area contributed by atoms with Gasteiger partial charge >= 0.3 is 0 Å². The molecular formula is C30H26N6S. The lowest BCUT2D eigenvalue weighted by Crippen LogP contribution is -1.97. The molecule has 0 radical (unpaired) electrons. The Morgan fingerprint density at radius 3 is 2.62 bits per heavy atom. The van der Waals surface area contributed by atoms with Gasteiger partial charge in [-0.05, 0) is 66.9 Å². The van der Waals surface area contributed by atoms with E-state index in [1.807, 2.05) is 31.6 Å². The SMILES string of the molecule is C=C(CC)Nc1cncc(-c2ccc3[nH]nc(-c4cc5c(-c6ccc(C(=C)C)s6)nccc5[nH]4)c3c2)c1. The van der Waals surface area contributed by atoms with Gasteiger partial charge in [0.15, 0.2) is 0 Å². The van der Waals surface area contributed by atoms with E-state index in [9.17, 15) is 0 Å². The molecule has 3 N–H and O–H groups in total. The number of pyridine rings is 2. The Labute approximate surface area is 218 Å². The number of benzene rings is 1. The molecule has 0 amide bonds. The number of thiophene rings is 1. The van der Waals surface area contributed by atoms with Crippen LogP contribution in [0.5, 0.6) is 0 Å². The van der Waals surface area contributed by atoms with Gasteiger partial charge in [0.05, 0.1) is 33.7 Å². The second kappa shape index (κ2) is 9.19. The van der Waals surface area contributed by atoms with Crippen LogP contribution in [0.4, 0.5) is 5.69 Å². The summed E-state index contributed by atoms with van der Waals surface area (Å²) >= 11 is 1.71. The first-order valence-electron chi connectivity index (χ1n) is 12.1. The molecule has 182 valence electrons. The number of allylic oxidation sites excluding steroid dienone is 2. The van der Waals surface area contributed by atoms with Crippen LogP contribution in [0.25, 0.3) is 60.5 Å². The van der Waals surface area contributed by atoms with E-state index in [2.05, 4.69) is 88.0 Å². The molecule has 0 bridgehead atoms. The average Bonchev–Trinajstić information content (AvgIpc) is 3.66. The number of H-pyrrole nitrogens is 2. The maximum atomic E-state index is 4.71. The monoisotopic (exact) mass is 502 g/mol. The number of hydrogen-bond acceptors (Lipinski definition) is 5. The smallest absolute Gasteiger partial charge is 0.116 e. The minimum Gasteiger partial charge on any atom is -0.358 e. The van der Waals surface area contributed by atoms with Gasteiger partial charge in [0.1, 0.15) is 5.69 Å². The van der Waals surface area contributed by atoms with Crippen LogP contribution < -0.4 is 5.32 Å². The zero-order valence-corrected chi connectivity index (χ0v) is 21.5. The van der Waals surface area contributed by atoms with Crippen LogP contribution in [-0.2, 0) is 0 Å². The zero-order chi connectivity index (χ0) is 25.5. The minimum atomic E-state index is 0.859. The van der Waals surface area contributed by atoms with Gasteiger partial charge in [-0.3, -0.25) is 15.1 Å². The highest BCUT2D eigenvalue weighted by molar-refractivity contribution is 7.16. The van der Waals surface area contributed by atoms with Crippen LogP contribution in [-0.4, -0.2) is 25.1 Å². The third kappa shape index (κ3) is 4.23. The van der Waals surface area contributed by atoms with Gasteiger partial charge in [0, 0.05) is 44.8 Å². The van der Waals surface area contributed by atoms with Crippen molar-refractivity contribution in [2.45, 2.75) is 20.3 Å². The summed E-state index contributed by atoms with van der Waals surface area (Å²) in [5.41, 5.74) is 9.80. The number of aromatic amines is 2. The molecule has 0 aliphatic carbocycles. The summed E-state index contributed by atoms with van der Waals surface area (Å²) < 4.78 is 0. The van der Waals surface area contributed by atoms with E-state index in [1.165, 1.54) is 4.88 Å². The third-order valence-corrected chi connectivity index (χ3v) is 7.70. The number of rotatable bonds is 7. The highest BCUT2D eigenvalue weighted by atomic mass is 32.1. The van der Waals surface area contributed by atoms with Crippen molar-refractivity contribution in [1.29, 1.82) is 0 Å². The van der Waals surface area contributed by atoms with Gasteiger partial charge in [0.25, 0.3) is 0 Å². The highest BCUT2D eigenvalue weighted by Crippen LogP contribution is 2.37. The van der Waals surface area contributed by atoms with Crippen LogP contribution in [0.15, 0.2) is 86.0 Å². The summed E-state index contributed by atoms with van der Waals surface area (Å²) in [6.07, 6.45) is 6.40. The quantitative estimate of drug-likeness (QED) is 0.205. The molecule has 6 rings (SSSR count). The molecule has 0 fully saturated rings. The van der Waals surface area contributed by atoms with Gasteiger partial charge in [-0.2, -0.15) is 5.10 Å². The van der Waals surface area contributed by atoms with E-state index in [0.29, 0.717) is 0 Å². The fourth-order valence-electron chi connectivity index (χ4n) is 4.43. The Bertz CT molecular complexity index is 1800. The number of aromatic nitrogens is 5. The molecule has 37 heavy (non-hydrogen) atoms. The van der Waals surface area contributed by atoms with Crippen molar-refractivity contribution < 1.29 is 0 Å². The third-order valence-electron chi connectivity index (χ3n) is 6.45. The maximum Gasteiger partial charge on any atom is 0.116 e. The molecule has 6 nitrogen and oxygen atoms in total. The number of hydrogen-bond donors (Lipinski definition) is 3. The van der Waals surface area contributed by atoms with Gasteiger partial charge in [-0.25, -0.2) is 0 Å². The number of nitrogens with one attached hydrogen (secondary N) is 3. The second-order valence-corrected chi connectivity index (χ2v) is 10.2. The van der Waals surface area contributed by atoms with Crippen LogP contribution in [0.2, 0.25) is 0 Å². The van der Waals surface area contributed by atoms with E-state index < -0.39 is 0 Å². The number of anilines is 1. The Hall–Kier alpha value is -4.49. The standard InChI is InChI=1S/C30H26N6S/c1-5-18(4)33-21-12-20(15-31-16-21)19-6-7-25-22(13-19)29(36-35-25)26-14-23-24(34-26)10-11-32-30(23)28-9-8-27(37-28)17(2)3/h6-16,33-34H,2,4-5H2,1,3H3,(H,35,36). The maximum absolute atomic E-state index is 4.71. The summed E-state index contributed by atoms with van der Waals surface area (Å²) in [6, 6.07) is 16.8. The molecule has 5 heterocycles. The summed E-state index contributed by atoms with van der Waals surface area (Å²) in [4.78, 5) is 15.0. The average molecular weight is 503 g/mol. The van der Waals surface area contributed by atoms with Gasteiger partial charge < -0.3 is 10.3 Å². The molecule has 0 aliphatic rings. The molecule has 1 aromatic carbocycles. The first-order valence-corrected chi connectivity index (χ1v) is 12.9. The normalized spacial score (nSPS) is 11.3. The predicted molar refractivity (Wildman–Crippen MR) is 155 cm³/mol. The highest BCUT2D eigenvalue weighted by Gasteiger charge is 2.16. The van der Waals surface area contributed by atoms with Crippen LogP contribution in [0, 0.1) is 0 Å². The lowest BCUT2D eigenvalue weighted by molar-refractivity contribution is 1.11. The van der Waals surface area contributed by atoms with Gasteiger partial charge in [0.2, 0.25) is 0 Å².